The van der Waals surface area contributed by atoms with Gasteiger partial charge in [-0.1, -0.05) is 12.1 Å². The molecule has 0 radical (unpaired) electrons. The molecule has 0 bridgehead atoms. The lowest BCUT2D eigenvalue weighted by atomic mass is 10.1. The summed E-state index contributed by atoms with van der Waals surface area (Å²) in [6, 6.07) is 6.35. The summed E-state index contributed by atoms with van der Waals surface area (Å²) in [5.41, 5.74) is 3.76. The molecule has 1 aliphatic heterocycles. The van der Waals surface area contributed by atoms with Crippen molar-refractivity contribution in [1.82, 2.24) is 10.3 Å². The van der Waals surface area contributed by atoms with E-state index < -0.39 is 0 Å². The third-order valence-electron chi connectivity index (χ3n) is 3.78. The summed E-state index contributed by atoms with van der Waals surface area (Å²) >= 11 is 1.86. The van der Waals surface area contributed by atoms with Gasteiger partial charge in [-0.3, -0.25) is 0 Å². The summed E-state index contributed by atoms with van der Waals surface area (Å²) in [5.74, 6) is 1.01. The summed E-state index contributed by atoms with van der Waals surface area (Å²) in [6.07, 6.45) is 3.11. The molecule has 0 fully saturated rings. The van der Waals surface area contributed by atoms with Crippen molar-refractivity contribution < 1.29 is 4.74 Å². The number of ether oxygens (including phenoxy) is 1. The standard InChI is InChI=1S/C17H22N2OS/c1-12-5-6-13(2)15(10-12)20-9-3-4-17-19-14-7-8-18-11-16(14)21-17/h5-6,10,18H,3-4,7-9,11H2,1-2H3. The van der Waals surface area contributed by atoms with Crippen LogP contribution in [0.2, 0.25) is 0 Å². The topological polar surface area (TPSA) is 34.1 Å². The fraction of sp³-hybridized carbons (Fsp3) is 0.471. The molecule has 4 heteroatoms. The van der Waals surface area contributed by atoms with Crippen molar-refractivity contribution in [2.75, 3.05) is 13.2 Å². The van der Waals surface area contributed by atoms with Gasteiger partial charge in [-0.15, -0.1) is 11.3 Å². The zero-order valence-electron chi connectivity index (χ0n) is 12.7. The van der Waals surface area contributed by atoms with E-state index in [2.05, 4.69) is 37.4 Å². The number of aryl methyl sites for hydroxylation is 3. The molecular weight excluding hydrogens is 280 g/mol. The highest BCUT2D eigenvalue weighted by Crippen LogP contribution is 2.23. The molecular formula is C17H22N2OS. The molecule has 1 aromatic heterocycles. The molecule has 1 N–H and O–H groups in total. The number of aromatic nitrogens is 1. The molecule has 0 amide bonds. The van der Waals surface area contributed by atoms with Crippen LogP contribution in [-0.4, -0.2) is 18.1 Å². The SMILES string of the molecule is Cc1ccc(C)c(OCCCc2nc3c(s2)CNCC3)c1. The van der Waals surface area contributed by atoms with Gasteiger partial charge < -0.3 is 10.1 Å². The Hall–Kier alpha value is -1.39. The van der Waals surface area contributed by atoms with Crippen molar-refractivity contribution in [3.05, 3.63) is 44.9 Å². The Morgan fingerprint density at radius 2 is 2.24 bits per heavy atom. The van der Waals surface area contributed by atoms with E-state index in [4.69, 9.17) is 9.72 Å². The molecule has 0 saturated heterocycles. The molecule has 0 aliphatic carbocycles. The molecule has 0 unspecified atom stereocenters. The summed E-state index contributed by atoms with van der Waals surface area (Å²) in [4.78, 5) is 6.17. The van der Waals surface area contributed by atoms with Crippen LogP contribution in [-0.2, 0) is 19.4 Å². The Balaban J connectivity index is 1.50. The predicted octanol–water partition coefficient (Wildman–Crippen LogP) is 3.42. The Bertz CT molecular complexity index is 598. The number of hydrogen-bond acceptors (Lipinski definition) is 4. The van der Waals surface area contributed by atoms with Crippen molar-refractivity contribution in [3.8, 4) is 5.75 Å². The third kappa shape index (κ3) is 3.63. The molecule has 0 atom stereocenters. The van der Waals surface area contributed by atoms with E-state index in [1.807, 2.05) is 11.3 Å². The lowest BCUT2D eigenvalue weighted by Crippen LogP contribution is -2.22. The van der Waals surface area contributed by atoms with Gasteiger partial charge >= 0.3 is 0 Å². The first-order valence-corrected chi connectivity index (χ1v) is 8.42. The normalized spacial score (nSPS) is 14.0. The van der Waals surface area contributed by atoms with E-state index in [-0.39, 0.29) is 0 Å². The van der Waals surface area contributed by atoms with Gasteiger partial charge in [0, 0.05) is 30.8 Å². The highest BCUT2D eigenvalue weighted by Gasteiger charge is 2.14. The summed E-state index contributed by atoms with van der Waals surface area (Å²) < 4.78 is 5.91. The van der Waals surface area contributed by atoms with Gasteiger partial charge in [-0.05, 0) is 37.5 Å². The van der Waals surface area contributed by atoms with E-state index in [0.717, 1.165) is 44.7 Å². The van der Waals surface area contributed by atoms with Crippen LogP contribution in [0.15, 0.2) is 18.2 Å². The largest absolute Gasteiger partial charge is 0.493 e. The highest BCUT2D eigenvalue weighted by atomic mass is 32.1. The number of thiazole rings is 1. The second kappa shape index (κ2) is 6.58. The lowest BCUT2D eigenvalue weighted by molar-refractivity contribution is 0.308. The third-order valence-corrected chi connectivity index (χ3v) is 4.94. The monoisotopic (exact) mass is 302 g/mol. The Morgan fingerprint density at radius 3 is 3.10 bits per heavy atom. The number of benzene rings is 1. The van der Waals surface area contributed by atoms with E-state index in [0.29, 0.717) is 0 Å². The van der Waals surface area contributed by atoms with E-state index in [1.165, 1.54) is 26.7 Å². The number of fused-ring (bicyclic) bond motifs is 1. The van der Waals surface area contributed by atoms with Crippen LogP contribution in [0.1, 0.15) is 33.1 Å². The van der Waals surface area contributed by atoms with E-state index >= 15 is 0 Å². The van der Waals surface area contributed by atoms with Gasteiger partial charge in [0.1, 0.15) is 5.75 Å². The van der Waals surface area contributed by atoms with E-state index in [9.17, 15) is 0 Å². The summed E-state index contributed by atoms with van der Waals surface area (Å²) in [6.45, 7) is 7.00. The van der Waals surface area contributed by atoms with Gasteiger partial charge in [0.15, 0.2) is 0 Å². The minimum atomic E-state index is 0.757. The van der Waals surface area contributed by atoms with Gasteiger partial charge in [-0.25, -0.2) is 4.98 Å². The first kappa shape index (κ1) is 14.5. The number of rotatable bonds is 5. The Morgan fingerprint density at radius 1 is 1.33 bits per heavy atom. The molecule has 3 nitrogen and oxygen atoms in total. The van der Waals surface area contributed by atoms with Crippen LogP contribution in [0, 0.1) is 13.8 Å². The van der Waals surface area contributed by atoms with Crippen LogP contribution >= 0.6 is 11.3 Å². The molecule has 2 aromatic rings. The minimum Gasteiger partial charge on any atom is -0.493 e. The number of nitrogens with zero attached hydrogens (tertiary/aromatic N) is 1. The average molecular weight is 302 g/mol. The molecule has 21 heavy (non-hydrogen) atoms. The summed E-state index contributed by atoms with van der Waals surface area (Å²) in [5, 5.41) is 4.66. The van der Waals surface area contributed by atoms with Crippen molar-refractivity contribution in [3.63, 3.8) is 0 Å². The van der Waals surface area contributed by atoms with Crippen molar-refractivity contribution in [1.29, 1.82) is 0 Å². The Kier molecular flexibility index (Phi) is 4.56. The van der Waals surface area contributed by atoms with Crippen LogP contribution in [0.25, 0.3) is 0 Å². The molecule has 0 saturated carbocycles. The quantitative estimate of drug-likeness (QED) is 0.859. The van der Waals surface area contributed by atoms with Crippen LogP contribution in [0.4, 0.5) is 0 Å². The molecule has 3 rings (SSSR count). The smallest absolute Gasteiger partial charge is 0.122 e. The van der Waals surface area contributed by atoms with Crippen molar-refractivity contribution in [2.45, 2.75) is 39.7 Å². The minimum absolute atomic E-state index is 0.757. The zero-order chi connectivity index (χ0) is 14.7. The predicted molar refractivity (Wildman–Crippen MR) is 87.3 cm³/mol. The summed E-state index contributed by atoms with van der Waals surface area (Å²) in [7, 11) is 0. The molecule has 112 valence electrons. The van der Waals surface area contributed by atoms with Gasteiger partial charge in [0.05, 0.1) is 17.3 Å². The second-order valence-corrected chi connectivity index (χ2v) is 6.79. The maximum atomic E-state index is 5.91. The Labute approximate surface area is 130 Å². The maximum Gasteiger partial charge on any atom is 0.122 e. The maximum absolute atomic E-state index is 5.91. The molecule has 0 spiro atoms. The number of nitrogens with one attached hydrogen (secondary N) is 1. The van der Waals surface area contributed by atoms with Crippen molar-refractivity contribution >= 4 is 11.3 Å². The molecule has 1 aromatic carbocycles. The lowest BCUT2D eigenvalue weighted by Gasteiger charge is -2.09. The second-order valence-electron chi connectivity index (χ2n) is 5.63. The van der Waals surface area contributed by atoms with Crippen LogP contribution in [0.3, 0.4) is 0 Å². The van der Waals surface area contributed by atoms with Crippen molar-refractivity contribution in [2.24, 2.45) is 0 Å². The first-order chi connectivity index (χ1) is 10.2. The molecule has 2 heterocycles. The fourth-order valence-corrected chi connectivity index (χ4v) is 3.68. The van der Waals surface area contributed by atoms with Gasteiger partial charge in [0.2, 0.25) is 0 Å². The highest BCUT2D eigenvalue weighted by molar-refractivity contribution is 7.11. The van der Waals surface area contributed by atoms with Crippen LogP contribution in [0.5, 0.6) is 5.75 Å². The van der Waals surface area contributed by atoms with E-state index in [1.54, 1.807) is 0 Å². The average Bonchev–Trinajstić information content (AvgIpc) is 2.89. The number of hydrogen-bond donors (Lipinski definition) is 1. The van der Waals surface area contributed by atoms with Crippen LogP contribution < -0.4 is 10.1 Å². The fourth-order valence-electron chi connectivity index (χ4n) is 2.55. The molecule has 1 aliphatic rings. The first-order valence-electron chi connectivity index (χ1n) is 7.60. The van der Waals surface area contributed by atoms with Gasteiger partial charge in [0.25, 0.3) is 0 Å². The van der Waals surface area contributed by atoms with Gasteiger partial charge in [-0.2, -0.15) is 0 Å². The zero-order valence-corrected chi connectivity index (χ0v) is 13.6.